The Morgan fingerprint density at radius 2 is 1.50 bits per heavy atom. The second-order valence-corrected chi connectivity index (χ2v) is 7.68. The maximum atomic E-state index is 12.6. The molecule has 5 heteroatoms. The van der Waals surface area contributed by atoms with Crippen LogP contribution in [0.2, 0.25) is 0 Å². The molecule has 0 aliphatic rings. The molecule has 0 radical (unpaired) electrons. The molecule has 2 N–H and O–H groups in total. The molecular formula is C21H25BrN2O2. The highest BCUT2D eigenvalue weighted by molar-refractivity contribution is 9.10. The Hall–Kier alpha value is -2.14. The number of carbonyl (C=O) groups excluding carboxylic acids is 2. The van der Waals surface area contributed by atoms with Crippen molar-refractivity contribution in [2.75, 3.05) is 5.32 Å². The van der Waals surface area contributed by atoms with Gasteiger partial charge in [-0.15, -0.1) is 0 Å². The molecule has 2 aromatic rings. The third-order valence-corrected chi connectivity index (χ3v) is 4.78. The van der Waals surface area contributed by atoms with Gasteiger partial charge in [-0.2, -0.15) is 0 Å². The first kappa shape index (κ1) is 20.2. The molecule has 0 spiro atoms. The van der Waals surface area contributed by atoms with E-state index in [9.17, 15) is 9.59 Å². The predicted octanol–water partition coefficient (Wildman–Crippen LogP) is 5.26. The number of para-hydroxylation sites is 1. The van der Waals surface area contributed by atoms with Crippen molar-refractivity contribution in [3.8, 4) is 0 Å². The molecule has 26 heavy (non-hydrogen) atoms. The molecular weight excluding hydrogens is 392 g/mol. The van der Waals surface area contributed by atoms with Crippen molar-refractivity contribution in [3.63, 3.8) is 0 Å². The minimum Gasteiger partial charge on any atom is -0.350 e. The van der Waals surface area contributed by atoms with Crippen molar-refractivity contribution >= 4 is 33.4 Å². The number of anilines is 1. The number of nitrogens with one attached hydrogen (secondary N) is 2. The average Bonchev–Trinajstić information content (AvgIpc) is 2.60. The van der Waals surface area contributed by atoms with Gasteiger partial charge < -0.3 is 10.6 Å². The van der Waals surface area contributed by atoms with Gasteiger partial charge in [0.05, 0.1) is 16.8 Å². The largest absolute Gasteiger partial charge is 0.350 e. The van der Waals surface area contributed by atoms with Gasteiger partial charge in [-0.25, -0.2) is 0 Å². The second-order valence-electron chi connectivity index (χ2n) is 6.83. The topological polar surface area (TPSA) is 58.2 Å². The third kappa shape index (κ3) is 5.70. The van der Waals surface area contributed by atoms with Crippen LogP contribution in [0.5, 0.6) is 0 Å². The fourth-order valence-corrected chi connectivity index (χ4v) is 3.05. The Morgan fingerprint density at radius 3 is 2.15 bits per heavy atom. The van der Waals surface area contributed by atoms with Crippen LogP contribution in [0, 0.1) is 5.92 Å². The van der Waals surface area contributed by atoms with Crippen LogP contribution >= 0.6 is 15.9 Å². The van der Waals surface area contributed by atoms with Crippen LogP contribution in [0.4, 0.5) is 5.69 Å². The molecule has 0 bridgehead atoms. The Bertz CT molecular complexity index is 774. The van der Waals surface area contributed by atoms with Gasteiger partial charge in [-0.1, -0.05) is 38.1 Å². The summed E-state index contributed by atoms with van der Waals surface area (Å²) in [6.07, 6.45) is 1.98. The van der Waals surface area contributed by atoms with Crippen molar-refractivity contribution < 1.29 is 9.59 Å². The molecule has 0 fully saturated rings. The molecule has 0 aliphatic heterocycles. The molecule has 1 unspecified atom stereocenters. The number of hydrogen-bond donors (Lipinski definition) is 2. The highest BCUT2D eigenvalue weighted by atomic mass is 79.9. The fourth-order valence-electron chi connectivity index (χ4n) is 2.58. The molecule has 138 valence electrons. The van der Waals surface area contributed by atoms with Crippen molar-refractivity contribution in [1.82, 2.24) is 5.32 Å². The Kier molecular flexibility index (Phi) is 7.39. The summed E-state index contributed by atoms with van der Waals surface area (Å²) in [5.41, 5.74) is 1.49. The summed E-state index contributed by atoms with van der Waals surface area (Å²) in [5, 5.41) is 5.86. The SMILES string of the molecule is CC(C)CCC(C)NC(=O)c1ccccc1NC(=O)c1ccccc1Br. The molecule has 2 aromatic carbocycles. The van der Waals surface area contributed by atoms with Crippen LogP contribution in [-0.2, 0) is 0 Å². The summed E-state index contributed by atoms with van der Waals surface area (Å²) >= 11 is 3.38. The van der Waals surface area contributed by atoms with Crippen molar-refractivity contribution in [3.05, 3.63) is 64.1 Å². The number of hydrogen-bond acceptors (Lipinski definition) is 2. The summed E-state index contributed by atoms with van der Waals surface area (Å²) < 4.78 is 0.710. The highest BCUT2D eigenvalue weighted by Crippen LogP contribution is 2.20. The van der Waals surface area contributed by atoms with E-state index in [0.717, 1.165) is 12.8 Å². The van der Waals surface area contributed by atoms with Crippen LogP contribution < -0.4 is 10.6 Å². The summed E-state index contributed by atoms with van der Waals surface area (Å²) in [6.45, 7) is 6.34. The first-order valence-electron chi connectivity index (χ1n) is 8.84. The third-order valence-electron chi connectivity index (χ3n) is 4.09. The van der Waals surface area contributed by atoms with Crippen LogP contribution in [0.15, 0.2) is 53.0 Å². The van der Waals surface area contributed by atoms with Crippen molar-refractivity contribution in [2.24, 2.45) is 5.92 Å². The van der Waals surface area contributed by atoms with Gasteiger partial charge >= 0.3 is 0 Å². The first-order chi connectivity index (χ1) is 12.4. The maximum absolute atomic E-state index is 12.6. The smallest absolute Gasteiger partial charge is 0.256 e. The lowest BCUT2D eigenvalue weighted by atomic mass is 10.0. The van der Waals surface area contributed by atoms with E-state index in [1.54, 1.807) is 36.4 Å². The normalized spacial score (nSPS) is 11.9. The highest BCUT2D eigenvalue weighted by Gasteiger charge is 2.17. The number of amides is 2. The lowest BCUT2D eigenvalue weighted by Crippen LogP contribution is -2.33. The Balaban J connectivity index is 2.11. The minimum absolute atomic E-state index is 0.0805. The first-order valence-corrected chi connectivity index (χ1v) is 9.63. The minimum atomic E-state index is -0.259. The lowest BCUT2D eigenvalue weighted by Gasteiger charge is -2.17. The molecule has 2 amide bonds. The van der Waals surface area contributed by atoms with Gasteiger partial charge in [0.1, 0.15) is 0 Å². The van der Waals surface area contributed by atoms with E-state index in [1.807, 2.05) is 19.1 Å². The van der Waals surface area contributed by atoms with E-state index in [4.69, 9.17) is 0 Å². The predicted molar refractivity (Wildman–Crippen MR) is 110 cm³/mol. The van der Waals surface area contributed by atoms with E-state index in [2.05, 4.69) is 40.4 Å². The van der Waals surface area contributed by atoms with E-state index in [-0.39, 0.29) is 17.9 Å². The maximum Gasteiger partial charge on any atom is 0.256 e. The molecule has 0 heterocycles. The number of rotatable bonds is 7. The van der Waals surface area contributed by atoms with Crippen LogP contribution in [0.1, 0.15) is 54.3 Å². The summed E-state index contributed by atoms with van der Waals surface area (Å²) in [7, 11) is 0. The number of benzene rings is 2. The molecule has 0 saturated carbocycles. The van der Waals surface area contributed by atoms with Crippen LogP contribution in [-0.4, -0.2) is 17.9 Å². The van der Waals surface area contributed by atoms with Gasteiger partial charge in [0, 0.05) is 10.5 Å². The summed E-state index contributed by atoms with van der Waals surface area (Å²) in [4.78, 5) is 25.2. The zero-order chi connectivity index (χ0) is 19.1. The molecule has 0 saturated heterocycles. The monoisotopic (exact) mass is 416 g/mol. The van der Waals surface area contributed by atoms with E-state index in [1.165, 1.54) is 0 Å². The molecule has 4 nitrogen and oxygen atoms in total. The van der Waals surface area contributed by atoms with E-state index < -0.39 is 0 Å². The van der Waals surface area contributed by atoms with Crippen LogP contribution in [0.25, 0.3) is 0 Å². The number of halogens is 1. The Labute approximate surface area is 163 Å². The van der Waals surface area contributed by atoms with Crippen molar-refractivity contribution in [1.29, 1.82) is 0 Å². The standard InChI is InChI=1S/C21H25BrN2O2/c1-14(2)12-13-15(3)23-21(26)17-9-5-7-11-19(17)24-20(25)16-8-4-6-10-18(16)22/h4-11,14-15H,12-13H2,1-3H3,(H,23,26)(H,24,25). The lowest BCUT2D eigenvalue weighted by molar-refractivity contribution is 0.0938. The van der Waals surface area contributed by atoms with Gasteiger partial charge in [0.25, 0.3) is 11.8 Å². The van der Waals surface area contributed by atoms with Gasteiger partial charge in [0.15, 0.2) is 0 Å². The molecule has 1 atom stereocenters. The number of carbonyl (C=O) groups is 2. The molecule has 2 rings (SSSR count). The van der Waals surface area contributed by atoms with Crippen LogP contribution in [0.3, 0.4) is 0 Å². The molecule has 0 aromatic heterocycles. The van der Waals surface area contributed by atoms with Gasteiger partial charge in [-0.05, 0) is 65.9 Å². The quantitative estimate of drug-likeness (QED) is 0.646. The van der Waals surface area contributed by atoms with Crippen molar-refractivity contribution in [2.45, 2.75) is 39.7 Å². The second kappa shape index (κ2) is 9.53. The fraction of sp³-hybridized carbons (Fsp3) is 0.333. The van der Waals surface area contributed by atoms with E-state index >= 15 is 0 Å². The zero-order valence-electron chi connectivity index (χ0n) is 15.4. The molecule has 0 aliphatic carbocycles. The average molecular weight is 417 g/mol. The summed E-state index contributed by atoms with van der Waals surface area (Å²) in [6, 6.07) is 14.3. The summed E-state index contributed by atoms with van der Waals surface area (Å²) in [5.74, 6) is 0.167. The van der Waals surface area contributed by atoms with E-state index in [0.29, 0.717) is 27.2 Å². The zero-order valence-corrected chi connectivity index (χ0v) is 17.0. The Morgan fingerprint density at radius 1 is 0.885 bits per heavy atom. The van der Waals surface area contributed by atoms with Gasteiger partial charge in [0.2, 0.25) is 0 Å². The van der Waals surface area contributed by atoms with Gasteiger partial charge in [-0.3, -0.25) is 9.59 Å².